The van der Waals surface area contributed by atoms with E-state index in [1.165, 1.54) is 11.3 Å². The molecule has 0 atom stereocenters. The van der Waals surface area contributed by atoms with Gasteiger partial charge in [0.15, 0.2) is 5.82 Å². The summed E-state index contributed by atoms with van der Waals surface area (Å²) in [7, 11) is 0. The minimum absolute atomic E-state index is 0.0626. The fraction of sp³-hybridized carbons (Fsp3) is 0.300. The van der Waals surface area contributed by atoms with Crippen molar-refractivity contribution in [2.75, 3.05) is 17.8 Å². The Morgan fingerprint density at radius 1 is 1.23 bits per heavy atom. The number of anilines is 2. The Morgan fingerprint density at radius 3 is 2.60 bits per heavy atom. The van der Waals surface area contributed by atoms with E-state index in [1.807, 2.05) is 6.92 Å². The molecule has 0 aliphatic carbocycles. The summed E-state index contributed by atoms with van der Waals surface area (Å²) in [5.74, 6) is 3.70. The minimum Gasteiger partial charge on any atom is -0.395 e. The van der Waals surface area contributed by atoms with Gasteiger partial charge in [-0.2, -0.15) is 0 Å². The van der Waals surface area contributed by atoms with Crippen LogP contribution in [0.3, 0.4) is 0 Å². The first-order valence-electron chi connectivity index (χ1n) is 9.09. The Kier molecular flexibility index (Phi) is 6.32. The molecule has 0 bridgehead atoms. The van der Waals surface area contributed by atoms with Gasteiger partial charge in [-0.1, -0.05) is 6.07 Å². The number of aryl methyl sites for hydroxylation is 1. The number of nitrogen functional groups attached to an aromatic ring is 2. The summed E-state index contributed by atoms with van der Waals surface area (Å²) in [5, 5.41) is 10.5. The molecule has 0 aliphatic rings. The second-order valence-corrected chi connectivity index (χ2v) is 8.47. The van der Waals surface area contributed by atoms with Crippen molar-refractivity contribution >= 4 is 22.7 Å². The first-order valence-corrected chi connectivity index (χ1v) is 9.90. The number of nitrogens with zero attached hydrogens (tertiary/aromatic N) is 2. The SMILES string of the molecule is Cc1nc(COCC(C)(C)O)sc1-c1cccc(-c2cc(F)c(N)c(NN)c2F)n1. The molecule has 0 spiro atoms. The molecule has 2 aromatic heterocycles. The monoisotopic (exact) mass is 435 g/mol. The Balaban J connectivity index is 1.93. The van der Waals surface area contributed by atoms with Crippen molar-refractivity contribution < 1.29 is 18.6 Å². The van der Waals surface area contributed by atoms with Crippen molar-refractivity contribution in [3.05, 3.63) is 46.6 Å². The summed E-state index contributed by atoms with van der Waals surface area (Å²) in [6.45, 7) is 5.57. The highest BCUT2D eigenvalue weighted by Gasteiger charge is 2.20. The Morgan fingerprint density at radius 2 is 1.93 bits per heavy atom. The van der Waals surface area contributed by atoms with E-state index in [2.05, 4.69) is 15.4 Å². The van der Waals surface area contributed by atoms with Crippen LogP contribution in [0.25, 0.3) is 21.8 Å². The molecule has 0 saturated carbocycles. The normalized spacial score (nSPS) is 11.7. The van der Waals surface area contributed by atoms with Crippen LogP contribution >= 0.6 is 11.3 Å². The number of hydrogen-bond donors (Lipinski definition) is 4. The summed E-state index contributed by atoms with van der Waals surface area (Å²) < 4.78 is 34.4. The quantitative estimate of drug-likeness (QED) is 0.254. The van der Waals surface area contributed by atoms with Gasteiger partial charge in [-0.3, -0.25) is 5.84 Å². The van der Waals surface area contributed by atoms with E-state index in [0.29, 0.717) is 5.69 Å². The van der Waals surface area contributed by atoms with Gasteiger partial charge in [0, 0.05) is 5.56 Å². The van der Waals surface area contributed by atoms with Crippen LogP contribution in [0.5, 0.6) is 0 Å². The molecule has 3 aromatic rings. The number of nitrogens with two attached hydrogens (primary N) is 2. The van der Waals surface area contributed by atoms with Gasteiger partial charge in [0.05, 0.1) is 46.5 Å². The summed E-state index contributed by atoms with van der Waals surface area (Å²) in [4.78, 5) is 9.75. The molecule has 6 N–H and O–H groups in total. The van der Waals surface area contributed by atoms with Gasteiger partial charge in [0.1, 0.15) is 16.5 Å². The number of hydrogen-bond acceptors (Lipinski definition) is 8. The minimum atomic E-state index is -0.930. The molecule has 7 nitrogen and oxygen atoms in total. The number of aromatic nitrogens is 2. The number of benzene rings is 1. The molecule has 0 amide bonds. The molecular weight excluding hydrogens is 412 g/mol. The Labute approximate surface area is 176 Å². The first kappa shape index (κ1) is 22.0. The van der Waals surface area contributed by atoms with Gasteiger partial charge in [0.25, 0.3) is 0 Å². The smallest absolute Gasteiger partial charge is 0.159 e. The Hall–Kier alpha value is -2.66. The van der Waals surface area contributed by atoms with Crippen LogP contribution in [0.4, 0.5) is 20.2 Å². The van der Waals surface area contributed by atoms with Crippen LogP contribution < -0.4 is 17.0 Å². The predicted molar refractivity (Wildman–Crippen MR) is 114 cm³/mol. The van der Waals surface area contributed by atoms with Crippen molar-refractivity contribution in [1.82, 2.24) is 9.97 Å². The molecule has 0 radical (unpaired) electrons. The zero-order valence-corrected chi connectivity index (χ0v) is 17.6. The fourth-order valence-corrected chi connectivity index (χ4v) is 3.79. The predicted octanol–water partition coefficient (Wildman–Crippen LogP) is 3.61. The average Bonchev–Trinajstić information content (AvgIpc) is 3.05. The summed E-state index contributed by atoms with van der Waals surface area (Å²) in [6, 6.07) is 6.03. The standard InChI is InChI=1S/C20H23F2N5O2S/c1-10-19(30-15(25-10)8-29-9-20(2,3)28)14-6-4-5-13(26-14)11-7-12(21)17(23)18(27-24)16(11)22/h4-7,27-28H,8-9,23-24H2,1-3H3. The van der Waals surface area contributed by atoms with Gasteiger partial charge in [-0.25, -0.2) is 18.7 Å². The number of pyridine rings is 1. The van der Waals surface area contributed by atoms with Crippen LogP contribution in [0.2, 0.25) is 0 Å². The van der Waals surface area contributed by atoms with Gasteiger partial charge in [-0.05, 0) is 39.0 Å². The highest BCUT2D eigenvalue weighted by atomic mass is 32.1. The van der Waals surface area contributed by atoms with Gasteiger partial charge < -0.3 is 21.0 Å². The molecule has 10 heteroatoms. The van der Waals surface area contributed by atoms with E-state index in [4.69, 9.17) is 16.3 Å². The van der Waals surface area contributed by atoms with Crippen LogP contribution in [-0.4, -0.2) is 27.3 Å². The number of rotatable bonds is 7. The lowest BCUT2D eigenvalue weighted by Crippen LogP contribution is -2.25. The number of thiazole rings is 1. The van der Waals surface area contributed by atoms with E-state index in [1.54, 1.807) is 32.0 Å². The molecule has 30 heavy (non-hydrogen) atoms. The number of hydrazine groups is 1. The summed E-state index contributed by atoms with van der Waals surface area (Å²) in [5.41, 5.74) is 7.45. The molecule has 0 saturated heterocycles. The van der Waals surface area contributed by atoms with Crippen LogP contribution in [-0.2, 0) is 11.3 Å². The fourth-order valence-electron chi connectivity index (χ4n) is 2.82. The van der Waals surface area contributed by atoms with Gasteiger partial charge >= 0.3 is 0 Å². The van der Waals surface area contributed by atoms with Crippen LogP contribution in [0.1, 0.15) is 24.5 Å². The van der Waals surface area contributed by atoms with Crippen molar-refractivity contribution in [3.63, 3.8) is 0 Å². The van der Waals surface area contributed by atoms with E-state index in [-0.39, 0.29) is 30.2 Å². The molecular formula is C20H23F2N5O2S. The summed E-state index contributed by atoms with van der Waals surface area (Å²) in [6.07, 6.45) is 0. The zero-order chi connectivity index (χ0) is 22.1. The lowest BCUT2D eigenvalue weighted by atomic mass is 10.1. The molecule has 0 unspecified atom stereocenters. The average molecular weight is 436 g/mol. The van der Waals surface area contributed by atoms with Crippen molar-refractivity contribution in [2.45, 2.75) is 33.0 Å². The van der Waals surface area contributed by atoms with Crippen molar-refractivity contribution in [2.24, 2.45) is 5.84 Å². The van der Waals surface area contributed by atoms with Crippen molar-refractivity contribution in [3.8, 4) is 21.8 Å². The van der Waals surface area contributed by atoms with E-state index < -0.39 is 22.9 Å². The van der Waals surface area contributed by atoms with E-state index >= 15 is 0 Å². The topological polar surface area (TPSA) is 119 Å². The van der Waals surface area contributed by atoms with Gasteiger partial charge in [-0.15, -0.1) is 11.3 Å². The summed E-state index contributed by atoms with van der Waals surface area (Å²) >= 11 is 1.38. The number of ether oxygens (including phenoxy) is 1. The van der Waals surface area contributed by atoms with E-state index in [9.17, 15) is 13.9 Å². The maximum atomic E-state index is 14.8. The Bertz CT molecular complexity index is 1070. The lowest BCUT2D eigenvalue weighted by Gasteiger charge is -2.16. The van der Waals surface area contributed by atoms with Crippen LogP contribution in [0, 0.1) is 18.6 Å². The molecule has 0 fully saturated rings. The number of halogens is 2. The highest BCUT2D eigenvalue weighted by Crippen LogP contribution is 2.35. The van der Waals surface area contributed by atoms with Crippen LogP contribution in [0.15, 0.2) is 24.3 Å². The first-order chi connectivity index (χ1) is 14.1. The third-order valence-electron chi connectivity index (χ3n) is 4.18. The third-order valence-corrected chi connectivity index (χ3v) is 5.33. The second-order valence-electron chi connectivity index (χ2n) is 7.39. The number of nitrogens with one attached hydrogen (secondary N) is 1. The lowest BCUT2D eigenvalue weighted by molar-refractivity contribution is -0.0269. The molecule has 3 rings (SSSR count). The van der Waals surface area contributed by atoms with E-state index in [0.717, 1.165) is 21.6 Å². The zero-order valence-electron chi connectivity index (χ0n) is 16.8. The maximum absolute atomic E-state index is 14.8. The molecule has 160 valence electrons. The maximum Gasteiger partial charge on any atom is 0.159 e. The van der Waals surface area contributed by atoms with Gasteiger partial charge in [0.2, 0.25) is 0 Å². The molecule has 1 aromatic carbocycles. The number of aliphatic hydroxyl groups is 1. The second kappa shape index (κ2) is 8.60. The highest BCUT2D eigenvalue weighted by molar-refractivity contribution is 7.15. The van der Waals surface area contributed by atoms with Crippen molar-refractivity contribution in [1.29, 1.82) is 0 Å². The molecule has 0 aliphatic heterocycles. The third kappa shape index (κ3) is 4.73. The molecule has 2 heterocycles. The largest absolute Gasteiger partial charge is 0.395 e.